The number of hydrogen-bond donors (Lipinski definition) is 2. The van der Waals surface area contributed by atoms with Crippen molar-refractivity contribution in [3.05, 3.63) is 41.5 Å². The Hall–Kier alpha value is -2.15. The fourth-order valence-corrected chi connectivity index (χ4v) is 2.68. The van der Waals surface area contributed by atoms with Crippen LogP contribution in [0.4, 0.5) is 20.4 Å². The summed E-state index contributed by atoms with van der Waals surface area (Å²) >= 11 is 0. The van der Waals surface area contributed by atoms with Crippen molar-refractivity contribution in [3.8, 4) is 0 Å². The molecule has 2 aromatic heterocycles. The molecule has 4 rings (SSSR count). The molecule has 2 aromatic rings. The first-order valence-corrected chi connectivity index (χ1v) is 8.20. The van der Waals surface area contributed by atoms with Gasteiger partial charge in [0.1, 0.15) is 17.5 Å². The molecule has 1 aliphatic carbocycles. The van der Waals surface area contributed by atoms with E-state index in [0.717, 1.165) is 44.4 Å². The predicted octanol–water partition coefficient (Wildman–Crippen LogP) is 3.29. The van der Waals surface area contributed by atoms with Crippen molar-refractivity contribution in [2.75, 3.05) is 18.4 Å². The lowest BCUT2D eigenvalue weighted by Gasteiger charge is -2.27. The molecule has 7 heteroatoms. The number of pyridine rings is 1. The Labute approximate surface area is 138 Å². The number of alkyl halides is 2. The van der Waals surface area contributed by atoms with E-state index in [1.807, 2.05) is 6.07 Å². The van der Waals surface area contributed by atoms with Gasteiger partial charge in [-0.3, -0.25) is 0 Å². The van der Waals surface area contributed by atoms with Crippen LogP contribution in [0, 0.1) is 0 Å². The molecule has 1 aliphatic heterocycles. The third-order valence-electron chi connectivity index (χ3n) is 4.43. The Morgan fingerprint density at radius 3 is 2.54 bits per heavy atom. The quantitative estimate of drug-likeness (QED) is 0.880. The molecule has 2 fully saturated rings. The lowest BCUT2D eigenvalue weighted by Crippen LogP contribution is -2.40. The number of nitrogens with one attached hydrogen (secondary N) is 2. The third kappa shape index (κ3) is 3.21. The van der Waals surface area contributed by atoms with Crippen LogP contribution >= 0.6 is 0 Å². The molecule has 1 saturated heterocycles. The van der Waals surface area contributed by atoms with Crippen LogP contribution in [-0.4, -0.2) is 28.0 Å². The molecule has 5 nitrogen and oxygen atoms in total. The molecule has 2 N–H and O–H groups in total. The zero-order valence-electron chi connectivity index (χ0n) is 13.4. The molecular weight excluding hydrogens is 312 g/mol. The molecule has 3 heterocycles. The number of rotatable bonds is 5. The van der Waals surface area contributed by atoms with Gasteiger partial charge in [0.25, 0.3) is 5.92 Å². The van der Waals surface area contributed by atoms with Gasteiger partial charge >= 0.3 is 0 Å². The van der Waals surface area contributed by atoms with Crippen LogP contribution < -0.4 is 10.6 Å². The summed E-state index contributed by atoms with van der Waals surface area (Å²) in [4.78, 5) is 13.4. The topological polar surface area (TPSA) is 62.7 Å². The fourth-order valence-electron chi connectivity index (χ4n) is 2.68. The Morgan fingerprint density at radius 1 is 1.12 bits per heavy atom. The molecular formula is C17H19F2N5. The second-order valence-electron chi connectivity index (χ2n) is 6.61. The highest BCUT2D eigenvalue weighted by Gasteiger charge is 2.30. The highest BCUT2D eigenvalue weighted by atomic mass is 19.3. The zero-order chi connectivity index (χ0) is 16.7. The van der Waals surface area contributed by atoms with E-state index >= 15 is 0 Å². The van der Waals surface area contributed by atoms with Crippen molar-refractivity contribution < 1.29 is 8.78 Å². The summed E-state index contributed by atoms with van der Waals surface area (Å²) in [5, 5.41) is 6.31. The Balaban J connectivity index is 1.63. The molecule has 0 unspecified atom stereocenters. The van der Waals surface area contributed by atoms with Crippen molar-refractivity contribution in [1.29, 1.82) is 0 Å². The largest absolute Gasteiger partial charge is 0.325 e. The lowest BCUT2D eigenvalue weighted by atomic mass is 9.99. The summed E-state index contributed by atoms with van der Waals surface area (Å²) in [6.45, 7) is 2.70. The predicted molar refractivity (Wildman–Crippen MR) is 86.7 cm³/mol. The van der Waals surface area contributed by atoms with Crippen molar-refractivity contribution in [1.82, 2.24) is 20.3 Å². The molecule has 0 aromatic carbocycles. The molecule has 0 atom stereocenters. The summed E-state index contributed by atoms with van der Waals surface area (Å²) in [5.74, 6) is -0.237. The first kappa shape index (κ1) is 15.4. The molecule has 126 valence electrons. The minimum atomic E-state index is -2.90. The SMILES string of the molecule is CC(F)(F)c1ccnc(Nc2cc(C3CNC3)nc(C3CC3)n2)c1. The van der Waals surface area contributed by atoms with Crippen LogP contribution in [-0.2, 0) is 5.92 Å². The van der Waals surface area contributed by atoms with Gasteiger partial charge in [-0.05, 0) is 25.0 Å². The van der Waals surface area contributed by atoms with E-state index in [1.54, 1.807) is 0 Å². The van der Waals surface area contributed by atoms with Gasteiger partial charge in [0.15, 0.2) is 0 Å². The van der Waals surface area contributed by atoms with Crippen LogP contribution in [0.5, 0.6) is 0 Å². The van der Waals surface area contributed by atoms with Gasteiger partial charge in [0.2, 0.25) is 0 Å². The maximum Gasteiger partial charge on any atom is 0.270 e. The summed E-state index contributed by atoms with van der Waals surface area (Å²) in [6, 6.07) is 4.59. The Bertz CT molecular complexity index is 751. The molecule has 24 heavy (non-hydrogen) atoms. The second-order valence-corrected chi connectivity index (χ2v) is 6.61. The highest BCUT2D eigenvalue weighted by molar-refractivity contribution is 5.53. The normalized spacial score (nSPS) is 18.3. The second kappa shape index (κ2) is 5.73. The first-order chi connectivity index (χ1) is 11.5. The Kier molecular flexibility index (Phi) is 3.68. The summed E-state index contributed by atoms with van der Waals surface area (Å²) < 4.78 is 27.0. The molecule has 1 saturated carbocycles. The molecule has 0 amide bonds. The van der Waals surface area contributed by atoms with Crippen molar-refractivity contribution >= 4 is 11.6 Å². The minimum Gasteiger partial charge on any atom is -0.325 e. The van der Waals surface area contributed by atoms with Gasteiger partial charge in [-0.2, -0.15) is 0 Å². The average Bonchev–Trinajstić information content (AvgIpc) is 3.29. The molecule has 2 aliphatic rings. The van der Waals surface area contributed by atoms with Gasteiger partial charge in [0, 0.05) is 49.7 Å². The van der Waals surface area contributed by atoms with Crippen molar-refractivity contribution in [3.63, 3.8) is 0 Å². The minimum absolute atomic E-state index is 0.0695. The van der Waals surface area contributed by atoms with E-state index in [2.05, 4.69) is 25.6 Å². The molecule has 0 spiro atoms. The zero-order valence-corrected chi connectivity index (χ0v) is 13.4. The maximum absolute atomic E-state index is 13.5. The summed E-state index contributed by atoms with van der Waals surface area (Å²) in [6.07, 6.45) is 3.61. The van der Waals surface area contributed by atoms with Crippen LogP contribution in [0.2, 0.25) is 0 Å². The van der Waals surface area contributed by atoms with Crippen LogP contribution in [0.3, 0.4) is 0 Å². The van der Waals surface area contributed by atoms with Crippen molar-refractivity contribution in [2.24, 2.45) is 0 Å². The maximum atomic E-state index is 13.5. The van der Waals surface area contributed by atoms with E-state index in [9.17, 15) is 8.78 Å². The van der Waals surface area contributed by atoms with Gasteiger partial charge in [-0.15, -0.1) is 0 Å². The average molecular weight is 331 g/mol. The van der Waals surface area contributed by atoms with E-state index in [0.29, 0.717) is 23.5 Å². The summed E-state index contributed by atoms with van der Waals surface area (Å²) in [5.41, 5.74) is 0.935. The number of hydrogen-bond acceptors (Lipinski definition) is 5. The smallest absolute Gasteiger partial charge is 0.270 e. The highest BCUT2D eigenvalue weighted by Crippen LogP contribution is 2.39. The van der Waals surface area contributed by atoms with E-state index in [4.69, 9.17) is 0 Å². The van der Waals surface area contributed by atoms with E-state index < -0.39 is 5.92 Å². The number of aromatic nitrogens is 3. The van der Waals surface area contributed by atoms with E-state index in [1.165, 1.54) is 18.3 Å². The van der Waals surface area contributed by atoms with Crippen LogP contribution in [0.25, 0.3) is 0 Å². The first-order valence-electron chi connectivity index (χ1n) is 8.20. The molecule has 0 radical (unpaired) electrons. The Morgan fingerprint density at radius 2 is 1.92 bits per heavy atom. The van der Waals surface area contributed by atoms with Crippen LogP contribution in [0.15, 0.2) is 24.4 Å². The van der Waals surface area contributed by atoms with E-state index in [-0.39, 0.29) is 5.56 Å². The van der Waals surface area contributed by atoms with Gasteiger partial charge < -0.3 is 10.6 Å². The van der Waals surface area contributed by atoms with Gasteiger partial charge in [-0.1, -0.05) is 0 Å². The number of nitrogens with zero attached hydrogens (tertiary/aromatic N) is 3. The third-order valence-corrected chi connectivity index (χ3v) is 4.43. The lowest BCUT2D eigenvalue weighted by molar-refractivity contribution is 0.0174. The summed E-state index contributed by atoms with van der Waals surface area (Å²) in [7, 11) is 0. The number of halogens is 2. The fraction of sp³-hybridized carbons (Fsp3) is 0.471. The van der Waals surface area contributed by atoms with Gasteiger partial charge in [0.05, 0.1) is 5.69 Å². The standard InChI is InChI=1S/C17H19F2N5/c1-17(18,19)12-4-5-21-14(6-12)23-15-7-13(11-8-20-9-11)22-16(24-15)10-2-3-10/h4-7,10-11,20H,2-3,8-9H2,1H3,(H,21,22,23,24). The number of anilines is 2. The van der Waals surface area contributed by atoms with Crippen LogP contribution in [0.1, 0.15) is 48.7 Å². The van der Waals surface area contributed by atoms with Gasteiger partial charge in [-0.25, -0.2) is 23.7 Å². The molecule has 0 bridgehead atoms. The monoisotopic (exact) mass is 331 g/mol. The van der Waals surface area contributed by atoms with Crippen molar-refractivity contribution in [2.45, 2.75) is 37.5 Å².